The highest BCUT2D eigenvalue weighted by atomic mass is 16.4. The number of nitrogens with one attached hydrogen (secondary N) is 1. The van der Waals surface area contributed by atoms with Crippen molar-refractivity contribution in [2.75, 3.05) is 18.4 Å². The lowest BCUT2D eigenvalue weighted by atomic mass is 10.1. The van der Waals surface area contributed by atoms with Crippen molar-refractivity contribution in [1.29, 1.82) is 0 Å². The molecule has 122 valence electrons. The number of hydrogen-bond acceptors (Lipinski definition) is 3. The minimum atomic E-state index is -0.928. The summed E-state index contributed by atoms with van der Waals surface area (Å²) in [7, 11) is 0. The van der Waals surface area contributed by atoms with E-state index >= 15 is 0 Å². The van der Waals surface area contributed by atoms with E-state index in [-0.39, 0.29) is 12.5 Å². The third-order valence-electron chi connectivity index (χ3n) is 3.82. The number of nitrogens with zero attached hydrogens (tertiary/aromatic N) is 1. The highest BCUT2D eigenvalue weighted by Crippen LogP contribution is 2.23. The number of hydrogen-bond donors (Lipinski definition) is 2. The average Bonchev–Trinajstić information content (AvgIpc) is 2.53. The Labute approximate surface area is 135 Å². The molecule has 0 fully saturated rings. The van der Waals surface area contributed by atoms with Gasteiger partial charge in [-0.3, -0.25) is 14.5 Å². The lowest BCUT2D eigenvalue weighted by molar-refractivity contribution is -0.139. The minimum absolute atomic E-state index is 0.141. The molecule has 5 heteroatoms. The molecule has 2 aromatic rings. The third-order valence-corrected chi connectivity index (χ3v) is 3.82. The van der Waals surface area contributed by atoms with Crippen molar-refractivity contribution in [2.24, 2.45) is 0 Å². The molecule has 0 saturated carbocycles. The van der Waals surface area contributed by atoms with Gasteiger partial charge in [0, 0.05) is 11.1 Å². The number of carboxylic acid groups (broad SMARTS) is 1. The zero-order chi connectivity index (χ0) is 16.8. The van der Waals surface area contributed by atoms with Gasteiger partial charge < -0.3 is 10.4 Å². The fourth-order valence-electron chi connectivity index (χ4n) is 2.61. The predicted octanol–water partition coefficient (Wildman–Crippen LogP) is 2.96. The molecule has 23 heavy (non-hydrogen) atoms. The summed E-state index contributed by atoms with van der Waals surface area (Å²) in [6, 6.07) is 13.0. The maximum atomic E-state index is 12.5. The average molecular weight is 314 g/mol. The zero-order valence-corrected chi connectivity index (χ0v) is 13.5. The highest BCUT2D eigenvalue weighted by Gasteiger charge is 2.23. The number of carbonyl (C=O) groups excluding carboxylic acids is 1. The fourth-order valence-corrected chi connectivity index (χ4v) is 2.61. The van der Waals surface area contributed by atoms with Gasteiger partial charge in [0.15, 0.2) is 0 Å². The quantitative estimate of drug-likeness (QED) is 0.824. The Hall–Kier alpha value is -2.40. The van der Waals surface area contributed by atoms with E-state index in [1.165, 1.54) is 0 Å². The summed E-state index contributed by atoms with van der Waals surface area (Å²) in [4.78, 5) is 25.1. The molecule has 2 rings (SSSR count). The van der Waals surface area contributed by atoms with Gasteiger partial charge in [-0.05, 0) is 31.3 Å². The summed E-state index contributed by atoms with van der Waals surface area (Å²) in [5, 5.41) is 13.9. The van der Waals surface area contributed by atoms with E-state index in [0.29, 0.717) is 6.54 Å². The number of anilines is 1. The number of aliphatic carboxylic acids is 1. The number of amides is 1. The summed E-state index contributed by atoms with van der Waals surface area (Å²) >= 11 is 0. The topological polar surface area (TPSA) is 69.6 Å². The molecule has 1 atom stereocenters. The van der Waals surface area contributed by atoms with E-state index in [9.17, 15) is 9.59 Å². The molecule has 2 N–H and O–H groups in total. The van der Waals surface area contributed by atoms with Gasteiger partial charge in [-0.15, -0.1) is 0 Å². The number of rotatable bonds is 7. The maximum Gasteiger partial charge on any atom is 0.317 e. The van der Waals surface area contributed by atoms with Gasteiger partial charge in [0.25, 0.3) is 0 Å². The first-order chi connectivity index (χ1) is 11.0. The van der Waals surface area contributed by atoms with Crippen molar-refractivity contribution in [1.82, 2.24) is 4.90 Å². The summed E-state index contributed by atoms with van der Waals surface area (Å²) in [5.74, 6) is -1.13. The van der Waals surface area contributed by atoms with Crippen LogP contribution in [0.3, 0.4) is 0 Å². The van der Waals surface area contributed by atoms with Crippen molar-refractivity contribution in [2.45, 2.75) is 26.3 Å². The minimum Gasteiger partial charge on any atom is -0.480 e. The Kier molecular flexibility index (Phi) is 5.71. The predicted molar refractivity (Wildman–Crippen MR) is 91.5 cm³/mol. The smallest absolute Gasteiger partial charge is 0.317 e. The van der Waals surface area contributed by atoms with Gasteiger partial charge in [-0.1, -0.05) is 43.3 Å². The van der Waals surface area contributed by atoms with Crippen LogP contribution in [0.15, 0.2) is 42.5 Å². The van der Waals surface area contributed by atoms with Gasteiger partial charge in [-0.25, -0.2) is 0 Å². The van der Waals surface area contributed by atoms with E-state index in [1.807, 2.05) is 49.4 Å². The number of benzene rings is 2. The summed E-state index contributed by atoms with van der Waals surface area (Å²) in [5.41, 5.74) is 0.742. The second-order valence-electron chi connectivity index (χ2n) is 5.56. The number of carbonyl (C=O) groups is 2. The highest BCUT2D eigenvalue weighted by molar-refractivity contribution is 6.03. The molecule has 5 nitrogen and oxygen atoms in total. The van der Waals surface area contributed by atoms with Crippen LogP contribution in [0.5, 0.6) is 0 Å². The van der Waals surface area contributed by atoms with E-state index in [2.05, 4.69) is 5.32 Å². The Morgan fingerprint density at radius 2 is 1.87 bits per heavy atom. The molecule has 0 aliphatic heterocycles. The first kappa shape index (κ1) is 17.0. The van der Waals surface area contributed by atoms with Crippen LogP contribution < -0.4 is 5.32 Å². The van der Waals surface area contributed by atoms with E-state index in [1.54, 1.807) is 11.8 Å². The lowest BCUT2D eigenvalue weighted by Gasteiger charge is -2.26. The van der Waals surface area contributed by atoms with Crippen molar-refractivity contribution < 1.29 is 14.7 Å². The summed E-state index contributed by atoms with van der Waals surface area (Å²) in [6.45, 7) is 4.12. The van der Waals surface area contributed by atoms with E-state index in [0.717, 1.165) is 22.9 Å². The van der Waals surface area contributed by atoms with Crippen LogP contribution in [0, 0.1) is 0 Å². The molecule has 1 amide bonds. The second kappa shape index (κ2) is 7.74. The summed E-state index contributed by atoms with van der Waals surface area (Å²) in [6.07, 6.45) is 0.791. The molecule has 0 bridgehead atoms. The fraction of sp³-hybridized carbons (Fsp3) is 0.333. The molecule has 0 saturated heterocycles. The van der Waals surface area contributed by atoms with Crippen LogP contribution in [0.4, 0.5) is 5.69 Å². The van der Waals surface area contributed by atoms with Crippen LogP contribution in [0.1, 0.15) is 20.3 Å². The summed E-state index contributed by atoms with van der Waals surface area (Å²) < 4.78 is 0. The van der Waals surface area contributed by atoms with Crippen LogP contribution >= 0.6 is 0 Å². The SMILES string of the molecule is CCCN(CC(=O)O)C(C)C(=O)Nc1cccc2ccccc12. The maximum absolute atomic E-state index is 12.5. The van der Waals surface area contributed by atoms with Crippen molar-refractivity contribution >= 4 is 28.3 Å². The van der Waals surface area contributed by atoms with Crippen LogP contribution in [-0.2, 0) is 9.59 Å². The molecule has 0 aliphatic rings. The van der Waals surface area contributed by atoms with Gasteiger partial charge >= 0.3 is 5.97 Å². The number of carboxylic acids is 1. The van der Waals surface area contributed by atoms with Gasteiger partial charge in [0.2, 0.25) is 5.91 Å². The van der Waals surface area contributed by atoms with Crippen molar-refractivity contribution in [3.05, 3.63) is 42.5 Å². The molecule has 2 aromatic carbocycles. The van der Waals surface area contributed by atoms with E-state index in [4.69, 9.17) is 5.11 Å². The molecule has 0 heterocycles. The lowest BCUT2D eigenvalue weighted by Crippen LogP contribution is -2.44. The van der Waals surface area contributed by atoms with Crippen LogP contribution in [-0.4, -0.2) is 41.0 Å². The van der Waals surface area contributed by atoms with Crippen molar-refractivity contribution in [3.63, 3.8) is 0 Å². The second-order valence-corrected chi connectivity index (χ2v) is 5.56. The largest absolute Gasteiger partial charge is 0.480 e. The van der Waals surface area contributed by atoms with Crippen LogP contribution in [0.2, 0.25) is 0 Å². The normalized spacial score (nSPS) is 12.3. The number of fused-ring (bicyclic) bond motifs is 1. The Morgan fingerprint density at radius 3 is 2.57 bits per heavy atom. The third kappa shape index (κ3) is 4.29. The first-order valence-electron chi connectivity index (χ1n) is 7.77. The van der Waals surface area contributed by atoms with Gasteiger partial charge in [0.05, 0.1) is 12.6 Å². The molecule has 0 aromatic heterocycles. The molecule has 0 spiro atoms. The van der Waals surface area contributed by atoms with E-state index < -0.39 is 12.0 Å². The van der Waals surface area contributed by atoms with Gasteiger partial charge in [-0.2, -0.15) is 0 Å². The Morgan fingerprint density at radius 1 is 1.17 bits per heavy atom. The molecule has 0 aliphatic carbocycles. The van der Waals surface area contributed by atoms with Gasteiger partial charge in [0.1, 0.15) is 0 Å². The molecule has 0 radical (unpaired) electrons. The first-order valence-corrected chi connectivity index (χ1v) is 7.77. The Balaban J connectivity index is 2.17. The molecule has 1 unspecified atom stereocenters. The molecular formula is C18H22N2O3. The molecular weight excluding hydrogens is 292 g/mol. The van der Waals surface area contributed by atoms with Crippen molar-refractivity contribution in [3.8, 4) is 0 Å². The standard InChI is InChI=1S/C18H22N2O3/c1-3-11-20(12-17(21)22)13(2)18(23)19-16-10-6-8-14-7-4-5-9-15(14)16/h4-10,13H,3,11-12H2,1-2H3,(H,19,23)(H,21,22). The van der Waals surface area contributed by atoms with Crippen LogP contribution in [0.25, 0.3) is 10.8 Å². The zero-order valence-electron chi connectivity index (χ0n) is 13.5. The monoisotopic (exact) mass is 314 g/mol. The Bertz CT molecular complexity index is 694.